The first kappa shape index (κ1) is 13.8. The summed E-state index contributed by atoms with van der Waals surface area (Å²) in [6.45, 7) is 6.35. The molecule has 96 valence electrons. The van der Waals surface area contributed by atoms with Crippen LogP contribution >= 0.6 is 0 Å². The van der Waals surface area contributed by atoms with E-state index in [4.69, 9.17) is 14.7 Å². The Kier molecular flexibility index (Phi) is 4.35. The number of carbonyl (C=O) groups excluding carboxylic acids is 1. The molecule has 0 radical (unpaired) electrons. The van der Waals surface area contributed by atoms with Crippen LogP contribution in [0.1, 0.15) is 27.2 Å². The average molecular weight is 240 g/mol. The number of amides is 1. The van der Waals surface area contributed by atoms with Crippen LogP contribution in [-0.2, 0) is 9.47 Å². The summed E-state index contributed by atoms with van der Waals surface area (Å²) in [6.07, 6.45) is 0.293. The molecule has 0 spiro atoms. The van der Waals surface area contributed by atoms with E-state index >= 15 is 0 Å². The lowest BCUT2D eigenvalue weighted by Gasteiger charge is -2.28. The summed E-state index contributed by atoms with van der Waals surface area (Å²) in [5.41, 5.74) is -0.514. The van der Waals surface area contributed by atoms with Crippen molar-refractivity contribution in [2.45, 2.75) is 38.8 Å². The Hall–Kier alpha value is -1.28. The van der Waals surface area contributed by atoms with Crippen LogP contribution in [0.15, 0.2) is 0 Å². The van der Waals surface area contributed by atoms with Crippen LogP contribution in [0.25, 0.3) is 0 Å². The zero-order chi connectivity index (χ0) is 13.1. The zero-order valence-corrected chi connectivity index (χ0v) is 10.9. The number of likely N-dealkylation sites (tertiary alicyclic amines) is 1. The van der Waals surface area contributed by atoms with Gasteiger partial charge in [-0.05, 0) is 27.2 Å². The zero-order valence-electron chi connectivity index (χ0n) is 10.9. The lowest BCUT2D eigenvalue weighted by molar-refractivity contribution is 0.0147. The van der Waals surface area contributed by atoms with Gasteiger partial charge in [-0.15, -0.1) is 0 Å². The molecule has 0 aromatic rings. The molecule has 1 aliphatic rings. The molecule has 1 heterocycles. The van der Waals surface area contributed by atoms with Crippen LogP contribution in [0, 0.1) is 17.2 Å². The van der Waals surface area contributed by atoms with E-state index in [1.807, 2.05) is 20.8 Å². The molecule has 0 aromatic carbocycles. The Balaban J connectivity index is 2.67. The van der Waals surface area contributed by atoms with Crippen LogP contribution in [0.2, 0.25) is 0 Å². The Morgan fingerprint density at radius 2 is 2.18 bits per heavy atom. The van der Waals surface area contributed by atoms with Crippen molar-refractivity contribution < 1.29 is 14.3 Å². The van der Waals surface area contributed by atoms with Gasteiger partial charge in [0.1, 0.15) is 5.60 Å². The van der Waals surface area contributed by atoms with E-state index in [9.17, 15) is 4.79 Å². The van der Waals surface area contributed by atoms with Gasteiger partial charge in [0.25, 0.3) is 0 Å². The van der Waals surface area contributed by atoms with Crippen molar-refractivity contribution in [1.29, 1.82) is 5.26 Å². The van der Waals surface area contributed by atoms with Crippen LogP contribution in [0.3, 0.4) is 0 Å². The lowest BCUT2D eigenvalue weighted by atomic mass is 10.1. The van der Waals surface area contributed by atoms with E-state index in [0.717, 1.165) is 0 Å². The summed E-state index contributed by atoms with van der Waals surface area (Å²) < 4.78 is 10.4. The van der Waals surface area contributed by atoms with E-state index in [0.29, 0.717) is 19.6 Å². The first-order chi connectivity index (χ1) is 7.87. The second-order valence-corrected chi connectivity index (χ2v) is 5.30. The number of ether oxygens (including phenoxy) is 2. The maximum atomic E-state index is 11.9. The molecule has 0 N–H and O–H groups in total. The molecule has 1 amide bonds. The highest BCUT2D eigenvalue weighted by Crippen LogP contribution is 2.25. The smallest absolute Gasteiger partial charge is 0.410 e. The topological polar surface area (TPSA) is 62.6 Å². The second kappa shape index (κ2) is 5.37. The van der Waals surface area contributed by atoms with E-state index in [1.165, 1.54) is 0 Å². The van der Waals surface area contributed by atoms with E-state index in [1.54, 1.807) is 12.0 Å². The number of methoxy groups -OCH3 is 1. The normalized spacial score (nSPS) is 24.5. The number of carbonyl (C=O) groups is 1. The maximum Gasteiger partial charge on any atom is 0.410 e. The van der Waals surface area contributed by atoms with Crippen molar-refractivity contribution in [1.82, 2.24) is 4.90 Å². The summed E-state index contributed by atoms with van der Waals surface area (Å²) in [5.74, 6) is -0.123. The summed E-state index contributed by atoms with van der Waals surface area (Å²) in [7, 11) is 1.59. The fraction of sp³-hybridized carbons (Fsp3) is 0.833. The molecule has 2 atom stereocenters. The van der Waals surface area contributed by atoms with Gasteiger partial charge in [-0.2, -0.15) is 5.26 Å². The predicted octanol–water partition coefficient (Wildman–Crippen LogP) is 1.78. The molecular weight excluding hydrogens is 220 g/mol. The lowest BCUT2D eigenvalue weighted by Crippen LogP contribution is -2.41. The number of nitrogens with zero attached hydrogens (tertiary/aromatic N) is 2. The SMILES string of the molecule is COC[C@@H]1C[C@H](C#N)CN1C(=O)OC(C)(C)C. The largest absolute Gasteiger partial charge is 0.444 e. The minimum absolute atomic E-state index is 0.0560. The Labute approximate surface area is 102 Å². The van der Waals surface area contributed by atoms with Gasteiger partial charge >= 0.3 is 6.09 Å². The first-order valence-corrected chi connectivity index (χ1v) is 5.75. The maximum absolute atomic E-state index is 11.9. The van der Waals surface area contributed by atoms with Crippen LogP contribution < -0.4 is 0 Å². The van der Waals surface area contributed by atoms with Crippen molar-refractivity contribution in [2.75, 3.05) is 20.3 Å². The average Bonchev–Trinajstić information content (AvgIpc) is 2.59. The Morgan fingerprint density at radius 3 is 2.65 bits per heavy atom. The van der Waals surface area contributed by atoms with Crippen LogP contribution in [0.4, 0.5) is 4.79 Å². The number of nitriles is 1. The molecular formula is C12H20N2O3. The molecule has 0 saturated carbocycles. The molecule has 5 heteroatoms. The fourth-order valence-electron chi connectivity index (χ4n) is 1.90. The second-order valence-electron chi connectivity index (χ2n) is 5.30. The van der Waals surface area contributed by atoms with Gasteiger partial charge in [-0.25, -0.2) is 4.79 Å². The van der Waals surface area contributed by atoms with Crippen LogP contribution in [0.5, 0.6) is 0 Å². The molecule has 0 aromatic heterocycles. The molecule has 17 heavy (non-hydrogen) atoms. The number of hydrogen-bond donors (Lipinski definition) is 0. The van der Waals surface area contributed by atoms with Crippen molar-refractivity contribution in [3.8, 4) is 6.07 Å². The first-order valence-electron chi connectivity index (χ1n) is 5.75. The Morgan fingerprint density at radius 1 is 1.53 bits per heavy atom. The van der Waals surface area contributed by atoms with Gasteiger partial charge in [0.2, 0.25) is 0 Å². The highest BCUT2D eigenvalue weighted by atomic mass is 16.6. The molecule has 0 unspecified atom stereocenters. The number of hydrogen-bond acceptors (Lipinski definition) is 4. The van der Waals surface area contributed by atoms with Crippen molar-refractivity contribution in [2.24, 2.45) is 5.92 Å². The van der Waals surface area contributed by atoms with Gasteiger partial charge in [-0.1, -0.05) is 0 Å². The molecule has 1 aliphatic heterocycles. The molecule has 5 nitrogen and oxygen atoms in total. The van der Waals surface area contributed by atoms with Gasteiger partial charge < -0.3 is 14.4 Å². The molecule has 1 saturated heterocycles. The summed E-state index contributed by atoms with van der Waals surface area (Å²) >= 11 is 0. The van der Waals surface area contributed by atoms with Gasteiger partial charge in [0.05, 0.1) is 24.6 Å². The van der Waals surface area contributed by atoms with E-state index in [2.05, 4.69) is 6.07 Å². The summed E-state index contributed by atoms with van der Waals surface area (Å²) in [4.78, 5) is 13.5. The monoisotopic (exact) mass is 240 g/mol. The number of rotatable bonds is 2. The quantitative estimate of drug-likeness (QED) is 0.738. The molecule has 0 bridgehead atoms. The standard InChI is InChI=1S/C12H20N2O3/c1-12(2,3)17-11(15)14-7-9(6-13)5-10(14)8-16-4/h9-10H,5,7-8H2,1-4H3/t9-,10+/m1/s1. The van der Waals surface area contributed by atoms with Crippen LogP contribution in [-0.4, -0.2) is 42.9 Å². The van der Waals surface area contributed by atoms with E-state index in [-0.39, 0.29) is 18.1 Å². The highest BCUT2D eigenvalue weighted by Gasteiger charge is 2.37. The van der Waals surface area contributed by atoms with Crippen molar-refractivity contribution in [3.63, 3.8) is 0 Å². The minimum Gasteiger partial charge on any atom is -0.444 e. The van der Waals surface area contributed by atoms with Crippen molar-refractivity contribution in [3.05, 3.63) is 0 Å². The summed E-state index contributed by atoms with van der Waals surface area (Å²) in [5, 5.41) is 8.91. The molecule has 1 fully saturated rings. The summed E-state index contributed by atoms with van der Waals surface area (Å²) in [6, 6.07) is 2.14. The fourth-order valence-corrected chi connectivity index (χ4v) is 1.90. The molecule has 0 aliphatic carbocycles. The van der Waals surface area contributed by atoms with Crippen molar-refractivity contribution >= 4 is 6.09 Å². The minimum atomic E-state index is -0.514. The third kappa shape index (κ3) is 3.90. The highest BCUT2D eigenvalue weighted by molar-refractivity contribution is 5.69. The van der Waals surface area contributed by atoms with Gasteiger partial charge in [0, 0.05) is 13.7 Å². The third-order valence-electron chi connectivity index (χ3n) is 2.58. The molecule has 1 rings (SSSR count). The Bertz CT molecular complexity index is 317. The van der Waals surface area contributed by atoms with Gasteiger partial charge in [-0.3, -0.25) is 0 Å². The third-order valence-corrected chi connectivity index (χ3v) is 2.58. The predicted molar refractivity (Wildman–Crippen MR) is 62.3 cm³/mol. The van der Waals surface area contributed by atoms with Gasteiger partial charge in [0.15, 0.2) is 0 Å². The van der Waals surface area contributed by atoms with E-state index < -0.39 is 5.60 Å².